The smallest absolute Gasteiger partial charge is 0.249 e. The fraction of sp³-hybridized carbons (Fsp3) is 0.182. The predicted octanol–water partition coefficient (Wildman–Crippen LogP) is 2.69. The van der Waals surface area contributed by atoms with E-state index in [0.29, 0.717) is 40.0 Å². The Morgan fingerprint density at radius 2 is 1.91 bits per heavy atom. The number of carbonyl (C=O) groups is 1. The van der Waals surface area contributed by atoms with Crippen LogP contribution in [-0.2, 0) is 26.1 Å². The number of sulfone groups is 1. The summed E-state index contributed by atoms with van der Waals surface area (Å²) in [5.74, 6) is 1.56. The molecule has 0 saturated carbocycles. The SMILES string of the molecule is COc1ccc(-n2nc3c(c2NC(=O)/C=C/c2ccc4c(c2)OCO4)CS(=O)(=O)C3)cc1. The van der Waals surface area contributed by atoms with Gasteiger partial charge in [-0.1, -0.05) is 6.07 Å². The molecule has 2 aliphatic rings. The zero-order chi connectivity index (χ0) is 22.3. The van der Waals surface area contributed by atoms with E-state index in [-0.39, 0.29) is 18.3 Å². The van der Waals surface area contributed by atoms with Crippen molar-refractivity contribution in [1.29, 1.82) is 0 Å². The molecule has 10 heteroatoms. The first-order valence-corrected chi connectivity index (χ1v) is 11.6. The molecule has 5 rings (SSSR count). The van der Waals surface area contributed by atoms with Gasteiger partial charge in [0.2, 0.25) is 12.7 Å². The molecule has 2 aromatic carbocycles. The molecule has 32 heavy (non-hydrogen) atoms. The molecule has 0 radical (unpaired) electrons. The summed E-state index contributed by atoms with van der Waals surface area (Å²) < 4.78 is 41.6. The van der Waals surface area contributed by atoms with Crippen molar-refractivity contribution in [3.05, 3.63) is 65.4 Å². The highest BCUT2D eigenvalue weighted by molar-refractivity contribution is 7.90. The van der Waals surface area contributed by atoms with Gasteiger partial charge in [0.05, 0.1) is 30.0 Å². The van der Waals surface area contributed by atoms with E-state index in [1.807, 2.05) is 6.07 Å². The summed E-state index contributed by atoms with van der Waals surface area (Å²) in [5.41, 5.74) is 2.38. The molecule has 2 aliphatic heterocycles. The summed E-state index contributed by atoms with van der Waals surface area (Å²) in [7, 11) is -1.71. The van der Waals surface area contributed by atoms with Crippen LogP contribution in [0, 0.1) is 0 Å². The number of carbonyl (C=O) groups excluding carboxylic acids is 1. The van der Waals surface area contributed by atoms with Gasteiger partial charge in [-0.25, -0.2) is 13.1 Å². The average Bonchev–Trinajstić information content (AvgIpc) is 3.45. The number of hydrogen-bond acceptors (Lipinski definition) is 7. The van der Waals surface area contributed by atoms with Crippen molar-refractivity contribution in [2.75, 3.05) is 19.2 Å². The molecule has 1 aromatic heterocycles. The van der Waals surface area contributed by atoms with Crippen LogP contribution in [-0.4, -0.2) is 38.0 Å². The summed E-state index contributed by atoms with van der Waals surface area (Å²) in [5, 5.41) is 7.25. The molecule has 0 atom stereocenters. The Morgan fingerprint density at radius 1 is 1.12 bits per heavy atom. The third-order valence-corrected chi connectivity index (χ3v) is 6.61. The van der Waals surface area contributed by atoms with E-state index in [1.165, 1.54) is 6.08 Å². The van der Waals surface area contributed by atoms with Crippen LogP contribution in [0.4, 0.5) is 5.82 Å². The molecule has 1 N–H and O–H groups in total. The average molecular weight is 453 g/mol. The van der Waals surface area contributed by atoms with E-state index in [4.69, 9.17) is 14.2 Å². The van der Waals surface area contributed by atoms with Crippen LogP contribution in [0.2, 0.25) is 0 Å². The fourth-order valence-electron chi connectivity index (χ4n) is 3.63. The van der Waals surface area contributed by atoms with E-state index >= 15 is 0 Å². The highest BCUT2D eigenvalue weighted by Crippen LogP contribution is 2.34. The van der Waals surface area contributed by atoms with Gasteiger partial charge in [-0.2, -0.15) is 5.10 Å². The molecule has 0 aliphatic carbocycles. The zero-order valence-electron chi connectivity index (χ0n) is 17.1. The molecule has 1 amide bonds. The largest absolute Gasteiger partial charge is 0.497 e. The van der Waals surface area contributed by atoms with E-state index in [9.17, 15) is 13.2 Å². The Hall–Kier alpha value is -3.79. The van der Waals surface area contributed by atoms with E-state index in [1.54, 1.807) is 54.3 Å². The van der Waals surface area contributed by atoms with E-state index < -0.39 is 15.7 Å². The number of hydrogen-bond donors (Lipinski definition) is 1. The van der Waals surface area contributed by atoms with Crippen molar-refractivity contribution in [3.63, 3.8) is 0 Å². The van der Waals surface area contributed by atoms with Gasteiger partial charge in [0, 0.05) is 11.6 Å². The minimum atomic E-state index is -3.28. The third-order valence-electron chi connectivity index (χ3n) is 5.17. The number of aromatic nitrogens is 2. The van der Waals surface area contributed by atoms with Crippen molar-refractivity contribution in [3.8, 4) is 22.9 Å². The van der Waals surface area contributed by atoms with Gasteiger partial charge in [0.15, 0.2) is 21.3 Å². The Kier molecular flexibility index (Phi) is 4.86. The molecule has 0 unspecified atom stereocenters. The predicted molar refractivity (Wildman–Crippen MR) is 117 cm³/mol. The molecule has 0 spiro atoms. The third kappa shape index (κ3) is 3.80. The lowest BCUT2D eigenvalue weighted by Gasteiger charge is -2.10. The van der Waals surface area contributed by atoms with Crippen molar-refractivity contribution < 1.29 is 27.4 Å². The van der Waals surface area contributed by atoms with Gasteiger partial charge in [-0.3, -0.25) is 4.79 Å². The first-order valence-electron chi connectivity index (χ1n) is 9.76. The summed E-state index contributed by atoms with van der Waals surface area (Å²) in [6, 6.07) is 12.5. The van der Waals surface area contributed by atoms with Gasteiger partial charge in [0.25, 0.3) is 0 Å². The fourth-order valence-corrected chi connectivity index (χ4v) is 5.12. The Bertz CT molecular complexity index is 1340. The minimum Gasteiger partial charge on any atom is -0.497 e. The molecule has 164 valence electrons. The lowest BCUT2D eigenvalue weighted by molar-refractivity contribution is -0.111. The number of amides is 1. The van der Waals surface area contributed by atoms with Crippen LogP contribution in [0.3, 0.4) is 0 Å². The number of methoxy groups -OCH3 is 1. The molecule has 0 fully saturated rings. The van der Waals surface area contributed by atoms with Crippen LogP contribution in [0.15, 0.2) is 48.5 Å². The highest BCUT2D eigenvalue weighted by atomic mass is 32.2. The van der Waals surface area contributed by atoms with Crippen molar-refractivity contribution >= 4 is 27.6 Å². The van der Waals surface area contributed by atoms with Gasteiger partial charge < -0.3 is 19.5 Å². The van der Waals surface area contributed by atoms with E-state index in [0.717, 1.165) is 5.56 Å². The van der Waals surface area contributed by atoms with Gasteiger partial charge in [-0.15, -0.1) is 0 Å². The molecular formula is C22H19N3O6S. The summed E-state index contributed by atoms with van der Waals surface area (Å²) in [4.78, 5) is 12.7. The Balaban J connectivity index is 1.43. The maximum absolute atomic E-state index is 12.7. The molecular weight excluding hydrogens is 434 g/mol. The second-order valence-electron chi connectivity index (χ2n) is 7.35. The number of benzene rings is 2. The van der Waals surface area contributed by atoms with Crippen molar-refractivity contribution in [2.24, 2.45) is 0 Å². The second kappa shape index (κ2) is 7.72. The van der Waals surface area contributed by atoms with Gasteiger partial charge in [-0.05, 0) is 48.0 Å². The van der Waals surface area contributed by atoms with Gasteiger partial charge >= 0.3 is 0 Å². The number of fused-ring (bicyclic) bond motifs is 2. The standard InChI is InChI=1S/C22H19N3O6S/c1-29-16-6-4-15(5-7-16)25-22(17-11-32(27,28)12-18(17)24-25)23-21(26)9-3-14-2-8-19-20(10-14)31-13-30-19/h2-10H,11-13H2,1H3,(H,23,26)/b9-3+. The Morgan fingerprint density at radius 3 is 2.69 bits per heavy atom. The molecule has 3 aromatic rings. The summed E-state index contributed by atoms with van der Waals surface area (Å²) in [6.45, 7) is 0.173. The lowest BCUT2D eigenvalue weighted by atomic mass is 10.2. The minimum absolute atomic E-state index is 0.151. The van der Waals surface area contributed by atoms with Crippen LogP contribution in [0.1, 0.15) is 16.8 Å². The number of ether oxygens (including phenoxy) is 3. The topological polar surface area (TPSA) is 109 Å². The summed E-state index contributed by atoms with van der Waals surface area (Å²) in [6.07, 6.45) is 3.01. The van der Waals surface area contributed by atoms with Crippen molar-refractivity contribution in [1.82, 2.24) is 9.78 Å². The van der Waals surface area contributed by atoms with Crippen LogP contribution < -0.4 is 19.5 Å². The normalized spacial score (nSPS) is 15.7. The molecule has 0 saturated heterocycles. The van der Waals surface area contributed by atoms with Crippen molar-refractivity contribution in [2.45, 2.75) is 11.5 Å². The summed E-state index contributed by atoms with van der Waals surface area (Å²) >= 11 is 0. The highest BCUT2D eigenvalue weighted by Gasteiger charge is 2.33. The maximum atomic E-state index is 12.7. The Labute approximate surface area is 184 Å². The lowest BCUT2D eigenvalue weighted by Crippen LogP contribution is -2.14. The van der Waals surface area contributed by atoms with Crippen LogP contribution >= 0.6 is 0 Å². The van der Waals surface area contributed by atoms with E-state index in [2.05, 4.69) is 10.4 Å². The second-order valence-corrected chi connectivity index (χ2v) is 9.42. The molecule has 3 heterocycles. The first kappa shape index (κ1) is 20.1. The zero-order valence-corrected chi connectivity index (χ0v) is 17.9. The van der Waals surface area contributed by atoms with Gasteiger partial charge in [0.1, 0.15) is 11.6 Å². The van der Waals surface area contributed by atoms with Crippen LogP contribution in [0.5, 0.6) is 17.2 Å². The van der Waals surface area contributed by atoms with Crippen LogP contribution in [0.25, 0.3) is 11.8 Å². The number of nitrogens with one attached hydrogen (secondary N) is 1. The number of anilines is 1. The maximum Gasteiger partial charge on any atom is 0.249 e. The quantitative estimate of drug-likeness (QED) is 0.592. The first-order chi connectivity index (χ1) is 15.4. The number of rotatable bonds is 5. The number of nitrogens with zero attached hydrogens (tertiary/aromatic N) is 2. The molecule has 9 nitrogen and oxygen atoms in total. The monoisotopic (exact) mass is 453 g/mol. The molecule has 0 bridgehead atoms.